The minimum absolute atomic E-state index is 0.126. The highest BCUT2D eigenvalue weighted by Gasteiger charge is 2.27. The van der Waals surface area contributed by atoms with Crippen LogP contribution in [0.25, 0.3) is 10.9 Å². The van der Waals surface area contributed by atoms with Gasteiger partial charge in [0.25, 0.3) is 5.91 Å². The molecular formula is C18H21N3O4. The molecule has 3 rings (SSSR count). The lowest BCUT2D eigenvalue weighted by Crippen LogP contribution is -2.38. The van der Waals surface area contributed by atoms with E-state index in [9.17, 15) is 19.5 Å². The van der Waals surface area contributed by atoms with Gasteiger partial charge in [-0.05, 0) is 19.1 Å². The van der Waals surface area contributed by atoms with Gasteiger partial charge in [-0.3, -0.25) is 14.4 Å². The van der Waals surface area contributed by atoms with Crippen LogP contribution in [-0.2, 0) is 4.79 Å². The van der Waals surface area contributed by atoms with Crippen LogP contribution in [0.15, 0.2) is 29.1 Å². The van der Waals surface area contributed by atoms with Crippen LogP contribution >= 0.6 is 0 Å². The third-order valence-electron chi connectivity index (χ3n) is 4.46. The standard InChI is InChI=1S/C18H21N3O4/c1-11-8-16(24)14-4-3-5-15(17(14)19-11)18(25)21-7-6-20(12(2)22)9-13(23)10-21/h3-5,8,13,23H,6-7,9-10H2,1-2H3,(H,19,24)/t13-/m1/s1. The topological polar surface area (TPSA) is 93.7 Å². The number of hydrogen-bond acceptors (Lipinski definition) is 4. The molecule has 1 aliphatic rings. The minimum atomic E-state index is -0.800. The van der Waals surface area contributed by atoms with Crippen molar-refractivity contribution in [3.05, 3.63) is 45.7 Å². The Labute approximate surface area is 144 Å². The molecule has 1 atom stereocenters. The monoisotopic (exact) mass is 343 g/mol. The number of hydrogen-bond donors (Lipinski definition) is 2. The van der Waals surface area contributed by atoms with Gasteiger partial charge in [0.15, 0.2) is 5.43 Å². The van der Waals surface area contributed by atoms with Crippen molar-refractivity contribution in [2.75, 3.05) is 26.2 Å². The molecule has 1 aliphatic heterocycles. The van der Waals surface area contributed by atoms with Crippen molar-refractivity contribution in [1.29, 1.82) is 0 Å². The Morgan fingerprint density at radius 1 is 1.20 bits per heavy atom. The molecule has 0 radical (unpaired) electrons. The van der Waals surface area contributed by atoms with Crippen LogP contribution in [0.1, 0.15) is 23.0 Å². The van der Waals surface area contributed by atoms with Crippen molar-refractivity contribution < 1.29 is 14.7 Å². The average molecular weight is 343 g/mol. The SMILES string of the molecule is CC(=O)N1CCN(C(=O)c2cccc3c(=O)cc(C)[nH]c23)C[C@H](O)C1. The molecule has 2 heterocycles. The number of aliphatic hydroxyl groups is 1. The van der Waals surface area contributed by atoms with Crippen molar-refractivity contribution in [1.82, 2.24) is 14.8 Å². The number of aromatic amines is 1. The highest BCUT2D eigenvalue weighted by atomic mass is 16.3. The van der Waals surface area contributed by atoms with Gasteiger partial charge in [-0.2, -0.15) is 0 Å². The van der Waals surface area contributed by atoms with E-state index >= 15 is 0 Å². The first kappa shape index (κ1) is 17.2. The molecule has 2 amide bonds. The lowest BCUT2D eigenvalue weighted by Gasteiger charge is -2.22. The van der Waals surface area contributed by atoms with Gasteiger partial charge in [0.05, 0.1) is 17.2 Å². The van der Waals surface area contributed by atoms with Gasteiger partial charge in [-0.25, -0.2) is 0 Å². The van der Waals surface area contributed by atoms with E-state index in [1.54, 1.807) is 25.1 Å². The summed E-state index contributed by atoms with van der Waals surface area (Å²) >= 11 is 0. The van der Waals surface area contributed by atoms with E-state index < -0.39 is 6.10 Å². The first-order valence-electron chi connectivity index (χ1n) is 8.22. The summed E-state index contributed by atoms with van der Waals surface area (Å²) < 4.78 is 0. The van der Waals surface area contributed by atoms with E-state index in [0.717, 1.165) is 0 Å². The van der Waals surface area contributed by atoms with Gasteiger partial charge < -0.3 is 19.9 Å². The largest absolute Gasteiger partial charge is 0.389 e. The fraction of sp³-hybridized carbons (Fsp3) is 0.389. The Bertz CT molecular complexity index is 890. The maximum Gasteiger partial charge on any atom is 0.256 e. The normalized spacial score (nSPS) is 18.3. The fourth-order valence-electron chi connectivity index (χ4n) is 3.21. The van der Waals surface area contributed by atoms with Gasteiger partial charge in [0.1, 0.15) is 0 Å². The third-order valence-corrected chi connectivity index (χ3v) is 4.46. The summed E-state index contributed by atoms with van der Waals surface area (Å²) in [7, 11) is 0. The lowest BCUT2D eigenvalue weighted by atomic mass is 10.1. The number of aliphatic hydroxyl groups excluding tert-OH is 1. The highest BCUT2D eigenvalue weighted by molar-refractivity contribution is 6.05. The number of H-pyrrole nitrogens is 1. The van der Waals surface area contributed by atoms with Gasteiger partial charge >= 0.3 is 0 Å². The van der Waals surface area contributed by atoms with E-state index in [2.05, 4.69) is 4.98 Å². The first-order chi connectivity index (χ1) is 11.9. The number of para-hydroxylation sites is 1. The van der Waals surface area contributed by atoms with E-state index in [1.165, 1.54) is 22.8 Å². The minimum Gasteiger partial charge on any atom is -0.389 e. The van der Waals surface area contributed by atoms with Crippen LogP contribution < -0.4 is 5.43 Å². The van der Waals surface area contributed by atoms with Gasteiger partial charge in [-0.1, -0.05) is 6.07 Å². The second-order valence-corrected chi connectivity index (χ2v) is 6.41. The highest BCUT2D eigenvalue weighted by Crippen LogP contribution is 2.17. The molecule has 7 heteroatoms. The van der Waals surface area contributed by atoms with E-state index in [-0.39, 0.29) is 30.3 Å². The number of carbonyl (C=O) groups is 2. The van der Waals surface area contributed by atoms with Crippen molar-refractivity contribution in [3.63, 3.8) is 0 Å². The third kappa shape index (κ3) is 3.41. The summed E-state index contributed by atoms with van der Waals surface area (Å²) in [5.41, 5.74) is 1.43. The first-order valence-corrected chi connectivity index (χ1v) is 8.22. The predicted octanol–water partition coefficient (Wildman–Crippen LogP) is 0.502. The molecule has 0 spiro atoms. The zero-order valence-corrected chi connectivity index (χ0v) is 14.3. The number of pyridine rings is 1. The molecule has 0 saturated carbocycles. The maximum absolute atomic E-state index is 13.0. The molecule has 132 valence electrons. The molecule has 1 aromatic heterocycles. The van der Waals surface area contributed by atoms with Crippen molar-refractivity contribution in [2.45, 2.75) is 20.0 Å². The molecule has 0 aliphatic carbocycles. The molecule has 2 N–H and O–H groups in total. The number of amides is 2. The van der Waals surface area contributed by atoms with Gasteiger partial charge in [-0.15, -0.1) is 0 Å². The van der Waals surface area contributed by atoms with Crippen molar-refractivity contribution >= 4 is 22.7 Å². The van der Waals surface area contributed by atoms with E-state index in [0.29, 0.717) is 35.2 Å². The number of carbonyl (C=O) groups excluding carboxylic acids is 2. The lowest BCUT2D eigenvalue weighted by molar-refractivity contribution is -0.129. The predicted molar refractivity (Wildman–Crippen MR) is 93.5 cm³/mol. The molecule has 1 fully saturated rings. The van der Waals surface area contributed by atoms with Gasteiger partial charge in [0, 0.05) is 50.2 Å². The Hall–Kier alpha value is -2.67. The number of aromatic nitrogens is 1. The quantitative estimate of drug-likeness (QED) is 0.788. The van der Waals surface area contributed by atoms with Crippen LogP contribution in [0.5, 0.6) is 0 Å². The Balaban J connectivity index is 1.97. The summed E-state index contributed by atoms with van der Waals surface area (Å²) in [5.74, 6) is -0.394. The van der Waals surface area contributed by atoms with E-state index in [1.807, 2.05) is 0 Å². The molecule has 1 aromatic carbocycles. The second kappa shape index (κ2) is 6.68. The van der Waals surface area contributed by atoms with E-state index in [4.69, 9.17) is 0 Å². The summed E-state index contributed by atoms with van der Waals surface area (Å²) in [6.07, 6.45) is -0.800. The molecule has 2 aromatic rings. The van der Waals surface area contributed by atoms with Crippen LogP contribution in [0, 0.1) is 6.92 Å². The molecule has 0 bridgehead atoms. The molecule has 1 saturated heterocycles. The molecule has 25 heavy (non-hydrogen) atoms. The Kier molecular flexibility index (Phi) is 4.59. The second-order valence-electron chi connectivity index (χ2n) is 6.41. The zero-order chi connectivity index (χ0) is 18.1. The van der Waals surface area contributed by atoms with Crippen LogP contribution in [-0.4, -0.2) is 64.0 Å². The summed E-state index contributed by atoms with van der Waals surface area (Å²) in [4.78, 5) is 42.9. The zero-order valence-electron chi connectivity index (χ0n) is 14.3. The molecular weight excluding hydrogens is 322 g/mol. The number of β-amino-alcohol motifs (C(OH)–C–C–N with tert-alkyl or cyclic N) is 1. The van der Waals surface area contributed by atoms with Gasteiger partial charge in [0.2, 0.25) is 5.91 Å². The number of nitrogens with zero attached hydrogens (tertiary/aromatic N) is 2. The van der Waals surface area contributed by atoms with Crippen LogP contribution in [0.4, 0.5) is 0 Å². The number of benzene rings is 1. The van der Waals surface area contributed by atoms with Crippen molar-refractivity contribution in [3.8, 4) is 0 Å². The maximum atomic E-state index is 13.0. The number of rotatable bonds is 1. The number of aryl methyl sites for hydroxylation is 1. The summed E-state index contributed by atoms with van der Waals surface area (Å²) in [6, 6.07) is 6.52. The molecule has 7 nitrogen and oxygen atoms in total. The smallest absolute Gasteiger partial charge is 0.256 e. The number of fused-ring (bicyclic) bond motifs is 1. The summed E-state index contributed by atoms with van der Waals surface area (Å²) in [5, 5.41) is 10.6. The Morgan fingerprint density at radius 2 is 1.88 bits per heavy atom. The fourth-order valence-corrected chi connectivity index (χ4v) is 3.21. The summed E-state index contributed by atoms with van der Waals surface area (Å²) in [6.45, 7) is 4.28. The van der Waals surface area contributed by atoms with Crippen molar-refractivity contribution in [2.24, 2.45) is 0 Å². The average Bonchev–Trinajstić information content (AvgIpc) is 2.75. The van der Waals surface area contributed by atoms with Crippen LogP contribution in [0.3, 0.4) is 0 Å². The Morgan fingerprint density at radius 3 is 2.60 bits per heavy atom. The number of nitrogens with one attached hydrogen (secondary N) is 1. The molecule has 0 unspecified atom stereocenters. The van der Waals surface area contributed by atoms with Crippen LogP contribution in [0.2, 0.25) is 0 Å².